The fourth-order valence-corrected chi connectivity index (χ4v) is 11.1. The van der Waals surface area contributed by atoms with Gasteiger partial charge in [0.05, 0.1) is 29.3 Å². The Kier molecular flexibility index (Phi) is 7.93. The molecule has 0 heterocycles. The maximum absolute atomic E-state index is 14.6. The number of ketones is 1. The van der Waals surface area contributed by atoms with Crippen LogP contribution in [-0.2, 0) is 9.59 Å². The van der Waals surface area contributed by atoms with Crippen molar-refractivity contribution in [1.82, 2.24) is 5.32 Å². The summed E-state index contributed by atoms with van der Waals surface area (Å²) < 4.78 is 0. The number of nitriles is 1. The van der Waals surface area contributed by atoms with E-state index in [9.17, 15) is 25.1 Å². The molecule has 5 rings (SSSR count). The van der Waals surface area contributed by atoms with Gasteiger partial charge in [-0.25, -0.2) is 0 Å². The van der Waals surface area contributed by atoms with Gasteiger partial charge < -0.3 is 21.3 Å². The maximum atomic E-state index is 14.6. The van der Waals surface area contributed by atoms with Gasteiger partial charge in [-0.15, -0.1) is 0 Å². The molecule has 0 spiro atoms. The lowest BCUT2D eigenvalue weighted by atomic mass is 9.34. The lowest BCUT2D eigenvalue weighted by Crippen LogP contribution is -2.66. The minimum absolute atomic E-state index is 0.0345. The largest absolute Gasteiger partial charge is 0.393 e. The number of carbonyl (C=O) groups excluding carboxylic acids is 2. The summed E-state index contributed by atoms with van der Waals surface area (Å²) in [7, 11) is 0. The van der Waals surface area contributed by atoms with E-state index in [0.717, 1.165) is 50.5 Å². The minimum atomic E-state index is -0.821. The monoisotopic (exact) mass is 593 g/mol. The number of hydrogen-bond acceptors (Lipinski definition) is 6. The number of amides is 1. The van der Waals surface area contributed by atoms with Crippen molar-refractivity contribution >= 4 is 11.7 Å². The molecule has 43 heavy (non-hydrogen) atoms. The van der Waals surface area contributed by atoms with E-state index in [1.807, 2.05) is 12.2 Å². The highest BCUT2D eigenvalue weighted by Crippen LogP contribution is 2.74. The summed E-state index contributed by atoms with van der Waals surface area (Å²) in [5.41, 5.74) is 4.95. The molecular formula is C36H55N3O4. The molecule has 7 heteroatoms. The molecule has 0 aromatic rings. The van der Waals surface area contributed by atoms with Crippen molar-refractivity contribution in [3.63, 3.8) is 0 Å². The zero-order valence-electron chi connectivity index (χ0n) is 27.6. The van der Waals surface area contributed by atoms with Crippen molar-refractivity contribution in [3.8, 4) is 6.07 Å². The molecule has 5 N–H and O–H groups in total. The van der Waals surface area contributed by atoms with Gasteiger partial charge in [0.15, 0.2) is 5.78 Å². The number of allylic oxidation sites excluding steroid dienone is 3. The summed E-state index contributed by atoms with van der Waals surface area (Å²) in [6.07, 6.45) is 9.47. The first-order valence-corrected chi connectivity index (χ1v) is 16.7. The predicted octanol–water partition coefficient (Wildman–Crippen LogP) is 5.21. The topological polar surface area (TPSA) is 136 Å². The summed E-state index contributed by atoms with van der Waals surface area (Å²) in [5, 5.41) is 34.5. The van der Waals surface area contributed by atoms with E-state index in [-0.39, 0.29) is 45.7 Å². The van der Waals surface area contributed by atoms with Gasteiger partial charge in [0.1, 0.15) is 0 Å². The summed E-state index contributed by atoms with van der Waals surface area (Å²) in [5.74, 6) is -0.0407. The molecule has 3 saturated carbocycles. The van der Waals surface area contributed by atoms with Gasteiger partial charge in [-0.1, -0.05) is 60.1 Å². The van der Waals surface area contributed by atoms with E-state index >= 15 is 0 Å². The number of rotatable bonds is 6. The Hall–Kier alpha value is -2.01. The molecule has 0 radical (unpaired) electrons. The molecular weight excluding hydrogens is 538 g/mol. The first-order valence-electron chi connectivity index (χ1n) is 16.7. The van der Waals surface area contributed by atoms with Gasteiger partial charge in [-0.2, -0.15) is 5.26 Å². The summed E-state index contributed by atoms with van der Waals surface area (Å²) in [4.78, 5) is 28.8. The Morgan fingerprint density at radius 1 is 1.09 bits per heavy atom. The molecule has 3 fully saturated rings. The average molecular weight is 594 g/mol. The third-order valence-electron chi connectivity index (χ3n) is 13.8. The fraction of sp³-hybridized carbons (Fsp3) is 0.806. The first kappa shape index (κ1) is 32.4. The number of carbonyl (C=O) groups is 2. The van der Waals surface area contributed by atoms with E-state index in [4.69, 9.17) is 5.73 Å². The van der Waals surface area contributed by atoms with Crippen LogP contribution in [0.25, 0.3) is 0 Å². The Morgan fingerprint density at radius 3 is 2.42 bits per heavy atom. The molecule has 1 amide bonds. The molecule has 5 aliphatic carbocycles. The first-order chi connectivity index (χ1) is 19.9. The van der Waals surface area contributed by atoms with Crippen molar-refractivity contribution < 1.29 is 19.8 Å². The molecule has 5 aliphatic rings. The highest BCUT2D eigenvalue weighted by atomic mass is 16.3. The molecule has 0 bridgehead atoms. The van der Waals surface area contributed by atoms with E-state index in [1.54, 1.807) is 0 Å². The van der Waals surface area contributed by atoms with Crippen LogP contribution in [0.2, 0.25) is 0 Å². The quantitative estimate of drug-likeness (QED) is 0.334. The van der Waals surface area contributed by atoms with Crippen LogP contribution in [0.15, 0.2) is 23.3 Å². The number of aliphatic hydroxyl groups is 2. The lowest BCUT2D eigenvalue weighted by molar-refractivity contribution is -0.179. The fourth-order valence-electron chi connectivity index (χ4n) is 11.1. The number of nitrogens with two attached hydrogens (primary N) is 1. The Labute approximate surface area is 258 Å². The number of nitrogens with zero attached hydrogens (tertiary/aromatic N) is 1. The number of fused-ring (bicyclic) bond motifs is 7. The van der Waals surface area contributed by atoms with Gasteiger partial charge in [-0.3, -0.25) is 9.59 Å². The van der Waals surface area contributed by atoms with E-state index in [0.29, 0.717) is 31.5 Å². The second kappa shape index (κ2) is 10.5. The Balaban J connectivity index is 1.57. The van der Waals surface area contributed by atoms with Crippen LogP contribution in [0.1, 0.15) is 106 Å². The van der Waals surface area contributed by atoms with Crippen LogP contribution in [-0.4, -0.2) is 47.2 Å². The Bertz CT molecular complexity index is 1280. The van der Waals surface area contributed by atoms with Crippen molar-refractivity contribution in [2.45, 2.75) is 118 Å². The smallest absolute Gasteiger partial charge is 0.226 e. The number of nitrogens with one attached hydrogen (secondary N) is 1. The van der Waals surface area contributed by atoms with Gasteiger partial charge in [0, 0.05) is 17.9 Å². The lowest BCUT2D eigenvalue weighted by Gasteiger charge is -2.69. The summed E-state index contributed by atoms with van der Waals surface area (Å²) >= 11 is 0. The average Bonchev–Trinajstić information content (AvgIpc) is 2.92. The van der Waals surface area contributed by atoms with Crippen LogP contribution < -0.4 is 11.1 Å². The second-order valence-electron chi connectivity index (χ2n) is 16.9. The van der Waals surface area contributed by atoms with E-state index in [2.05, 4.69) is 59.9 Å². The van der Waals surface area contributed by atoms with Crippen LogP contribution in [0.3, 0.4) is 0 Å². The van der Waals surface area contributed by atoms with E-state index < -0.39 is 28.5 Å². The van der Waals surface area contributed by atoms with Crippen molar-refractivity contribution in [2.24, 2.45) is 56.0 Å². The Morgan fingerprint density at radius 2 is 1.77 bits per heavy atom. The number of aliphatic hydroxyl groups excluding tert-OH is 2. The molecule has 0 aromatic carbocycles. The van der Waals surface area contributed by atoms with Crippen molar-refractivity contribution in [1.29, 1.82) is 5.26 Å². The molecule has 0 saturated heterocycles. The molecule has 9 unspecified atom stereocenters. The molecule has 0 aliphatic heterocycles. The molecule has 238 valence electrons. The number of hydrogen-bond donors (Lipinski definition) is 4. The van der Waals surface area contributed by atoms with Gasteiger partial charge in [-0.05, 0) is 104 Å². The van der Waals surface area contributed by atoms with E-state index in [1.165, 1.54) is 0 Å². The van der Waals surface area contributed by atoms with Gasteiger partial charge >= 0.3 is 0 Å². The van der Waals surface area contributed by atoms with Crippen molar-refractivity contribution in [3.05, 3.63) is 23.3 Å². The third-order valence-corrected chi connectivity index (χ3v) is 13.8. The van der Waals surface area contributed by atoms with Gasteiger partial charge in [0.25, 0.3) is 0 Å². The van der Waals surface area contributed by atoms with Crippen molar-refractivity contribution in [2.75, 3.05) is 13.1 Å². The van der Waals surface area contributed by atoms with Gasteiger partial charge in [0.2, 0.25) is 5.91 Å². The third kappa shape index (κ3) is 4.60. The van der Waals surface area contributed by atoms with Crippen LogP contribution >= 0.6 is 0 Å². The minimum Gasteiger partial charge on any atom is -0.393 e. The molecule has 0 aromatic heterocycles. The SMILES string of the molecule is CC1(C)CCC2(C(=O)NCCC(O)CCN)CCC3(C)C(C(=O)C=C4C5(C)C=C(C#N)C(O)C(C)(C)C5CCC43C)C2C1. The highest BCUT2D eigenvalue weighted by Gasteiger charge is 2.70. The zero-order chi connectivity index (χ0) is 31.8. The molecule has 9 atom stereocenters. The predicted molar refractivity (Wildman–Crippen MR) is 167 cm³/mol. The van der Waals surface area contributed by atoms with Crippen LogP contribution in [0.4, 0.5) is 0 Å². The summed E-state index contributed by atoms with van der Waals surface area (Å²) in [6, 6.07) is 2.28. The standard InChI is InChI=1S/C36H55N3O4/c1-31(2)12-14-36(30(43)39-17-10-23(40)9-16-37)15-13-35(7)28(24(36)20-31)25(41)18-27-33(5)19-22(21-38)29(42)32(3,4)26(33)8-11-34(27,35)6/h18-19,23-24,26,28-29,40,42H,8-17,20,37H2,1-7H3,(H,39,43). The maximum Gasteiger partial charge on any atom is 0.226 e. The second-order valence-corrected chi connectivity index (χ2v) is 16.9. The highest BCUT2D eigenvalue weighted by molar-refractivity contribution is 5.96. The zero-order valence-corrected chi connectivity index (χ0v) is 27.6. The normalized spacial score (nSPS) is 43.4. The van der Waals surface area contributed by atoms with Crippen LogP contribution in [0.5, 0.6) is 0 Å². The van der Waals surface area contributed by atoms with Crippen LogP contribution in [0, 0.1) is 61.6 Å². The molecule has 7 nitrogen and oxygen atoms in total. The summed E-state index contributed by atoms with van der Waals surface area (Å²) in [6.45, 7) is 16.3.